The van der Waals surface area contributed by atoms with Crippen LogP contribution in [0.4, 0.5) is 10.5 Å². The summed E-state index contributed by atoms with van der Waals surface area (Å²) in [6.07, 6.45) is 0.543. The fourth-order valence-corrected chi connectivity index (χ4v) is 4.85. The lowest BCUT2D eigenvalue weighted by Gasteiger charge is -2.25. The molecule has 2 amide bonds. The van der Waals surface area contributed by atoms with E-state index in [1.54, 1.807) is 0 Å². The van der Waals surface area contributed by atoms with Crippen LogP contribution < -0.4 is 15.4 Å². The average Bonchev–Trinajstić information content (AvgIpc) is 2.98. The second kappa shape index (κ2) is 10.3. The van der Waals surface area contributed by atoms with Crippen molar-refractivity contribution in [3.05, 3.63) is 54.1 Å². The monoisotopic (exact) mass is 458 g/mol. The summed E-state index contributed by atoms with van der Waals surface area (Å²) in [4.78, 5) is 24.1. The first-order valence-corrected chi connectivity index (χ1v) is 10.2. The molecule has 0 spiro atoms. The second-order valence-electron chi connectivity index (χ2n) is 6.16. The van der Waals surface area contributed by atoms with Crippen LogP contribution in [0, 0.1) is 0 Å². The first-order chi connectivity index (χ1) is 12.7. The maximum Gasteiger partial charge on any atom is 0.286 e. The van der Waals surface area contributed by atoms with Gasteiger partial charge in [0.15, 0.2) is 0 Å². The number of hydrogen-bond donors (Lipinski definition) is 2. The minimum absolute atomic E-state index is 0. The van der Waals surface area contributed by atoms with Crippen molar-refractivity contribution in [2.75, 3.05) is 18.5 Å². The van der Waals surface area contributed by atoms with Crippen LogP contribution >= 0.6 is 48.3 Å². The Hall–Kier alpha value is -1.54. The molecule has 0 bridgehead atoms. The van der Waals surface area contributed by atoms with Gasteiger partial charge in [0.25, 0.3) is 5.24 Å². The van der Waals surface area contributed by atoms with Crippen molar-refractivity contribution in [2.45, 2.75) is 21.8 Å². The molecule has 5 nitrogen and oxygen atoms in total. The molecule has 0 aromatic heterocycles. The summed E-state index contributed by atoms with van der Waals surface area (Å²) in [6, 6.07) is 16.0. The Morgan fingerprint density at radius 3 is 2.46 bits per heavy atom. The molecular weight excluding hydrogens is 439 g/mol. The minimum Gasteiger partial charge on any atom is -0.492 e. The number of benzene rings is 2. The molecule has 0 aliphatic carbocycles. The van der Waals surface area contributed by atoms with E-state index < -0.39 is 0 Å². The van der Waals surface area contributed by atoms with Crippen LogP contribution in [0.1, 0.15) is 5.56 Å². The van der Waals surface area contributed by atoms with Gasteiger partial charge in [-0.05, 0) is 36.2 Å². The molecule has 2 aliphatic heterocycles. The van der Waals surface area contributed by atoms with Crippen LogP contribution in [0.5, 0.6) is 5.75 Å². The van der Waals surface area contributed by atoms with E-state index in [1.165, 1.54) is 10.6 Å². The third kappa shape index (κ3) is 5.50. The Morgan fingerprint density at radius 2 is 1.75 bits per heavy atom. The zero-order valence-corrected chi connectivity index (χ0v) is 18.0. The third-order valence-electron chi connectivity index (χ3n) is 4.25. The number of carbonyl (C=O) groups is 2. The van der Waals surface area contributed by atoms with Crippen molar-refractivity contribution in [1.82, 2.24) is 5.32 Å². The predicted molar refractivity (Wildman–Crippen MR) is 120 cm³/mol. The molecule has 0 saturated carbocycles. The number of nitrogens with one attached hydrogen (secondary N) is 2. The zero-order valence-electron chi connectivity index (χ0n) is 14.8. The molecule has 2 N–H and O–H groups in total. The summed E-state index contributed by atoms with van der Waals surface area (Å²) in [6.45, 7) is 1.50. The smallest absolute Gasteiger partial charge is 0.286 e. The van der Waals surface area contributed by atoms with Gasteiger partial charge in [-0.25, -0.2) is 0 Å². The van der Waals surface area contributed by atoms with E-state index in [0.717, 1.165) is 29.6 Å². The molecular formula is C19H20Cl2N2O3S2. The van der Waals surface area contributed by atoms with E-state index in [9.17, 15) is 9.59 Å². The summed E-state index contributed by atoms with van der Waals surface area (Å²) in [7, 11) is 0. The lowest BCUT2D eigenvalue weighted by atomic mass is 10.1. The van der Waals surface area contributed by atoms with Crippen molar-refractivity contribution < 1.29 is 14.3 Å². The number of amides is 2. The predicted octanol–water partition coefficient (Wildman–Crippen LogP) is 4.39. The Bertz CT molecular complexity index is 836. The number of anilines is 1. The fraction of sp³-hybridized carbons (Fsp3) is 0.263. The molecule has 28 heavy (non-hydrogen) atoms. The Labute approximate surface area is 184 Å². The van der Waals surface area contributed by atoms with Gasteiger partial charge in [0.2, 0.25) is 5.91 Å². The largest absolute Gasteiger partial charge is 0.492 e. The molecule has 0 radical (unpaired) electrons. The van der Waals surface area contributed by atoms with Crippen molar-refractivity contribution in [3.8, 4) is 5.75 Å². The van der Waals surface area contributed by atoms with Gasteiger partial charge in [0.05, 0.1) is 10.5 Å². The molecule has 2 aromatic carbocycles. The quantitative estimate of drug-likeness (QED) is 0.692. The molecule has 9 heteroatoms. The number of hydrogen-bond acceptors (Lipinski definition) is 6. The zero-order chi connectivity index (χ0) is 17.9. The van der Waals surface area contributed by atoms with E-state index in [0.29, 0.717) is 18.3 Å². The highest BCUT2D eigenvalue weighted by Gasteiger charge is 2.31. The van der Waals surface area contributed by atoms with Crippen molar-refractivity contribution in [1.29, 1.82) is 0 Å². The van der Waals surface area contributed by atoms with E-state index in [2.05, 4.69) is 22.8 Å². The molecule has 2 atom stereocenters. The number of carbonyl (C=O) groups excluding carboxylic acids is 2. The van der Waals surface area contributed by atoms with Crippen LogP contribution in [0.2, 0.25) is 0 Å². The first kappa shape index (κ1) is 22.7. The summed E-state index contributed by atoms with van der Waals surface area (Å²) < 4.78 is 5.92. The summed E-state index contributed by atoms with van der Waals surface area (Å²) >= 11 is 2.89. The van der Waals surface area contributed by atoms with Crippen LogP contribution in [-0.4, -0.2) is 34.8 Å². The third-order valence-corrected chi connectivity index (χ3v) is 6.48. The number of rotatable bonds is 5. The van der Waals surface area contributed by atoms with E-state index in [4.69, 9.17) is 4.74 Å². The standard InChI is InChI=1S/C19H18N2O3S2.2ClH/c22-18-17(26-19(23)21-18)9-12-5-7-13(8-6-12)24-11-14-10-20-15-3-1-2-4-16(15)25-14;;/h1-8,14,17,20H,9-11H2,(H,21,22,23);2*1H. The van der Waals surface area contributed by atoms with Gasteiger partial charge in [0, 0.05) is 17.1 Å². The highest BCUT2D eigenvalue weighted by atomic mass is 35.5. The Balaban J connectivity index is 0.00000140. The molecule has 2 heterocycles. The maximum atomic E-state index is 11.6. The van der Waals surface area contributed by atoms with Gasteiger partial charge >= 0.3 is 0 Å². The average molecular weight is 459 g/mol. The van der Waals surface area contributed by atoms with Gasteiger partial charge in [-0.2, -0.15) is 0 Å². The Morgan fingerprint density at radius 1 is 1.00 bits per heavy atom. The van der Waals surface area contributed by atoms with Gasteiger partial charge < -0.3 is 10.1 Å². The van der Waals surface area contributed by atoms with Gasteiger partial charge in [-0.1, -0.05) is 36.0 Å². The topological polar surface area (TPSA) is 67.4 Å². The fourth-order valence-electron chi connectivity index (χ4n) is 2.91. The van der Waals surface area contributed by atoms with E-state index in [1.807, 2.05) is 48.2 Å². The number of para-hydroxylation sites is 1. The lowest BCUT2D eigenvalue weighted by molar-refractivity contribution is -0.118. The molecule has 2 aromatic rings. The molecule has 1 fully saturated rings. The Kier molecular flexibility index (Phi) is 8.37. The maximum absolute atomic E-state index is 11.6. The summed E-state index contributed by atoms with van der Waals surface area (Å²) in [5.74, 6) is 0.607. The van der Waals surface area contributed by atoms with Gasteiger partial charge in [0.1, 0.15) is 12.4 Å². The molecule has 2 aliphatic rings. The van der Waals surface area contributed by atoms with Crippen molar-refractivity contribution in [3.63, 3.8) is 0 Å². The molecule has 1 saturated heterocycles. The van der Waals surface area contributed by atoms with E-state index in [-0.39, 0.29) is 41.2 Å². The molecule has 2 unspecified atom stereocenters. The summed E-state index contributed by atoms with van der Waals surface area (Å²) in [5, 5.41) is 5.51. The first-order valence-electron chi connectivity index (χ1n) is 8.40. The number of halogens is 2. The highest BCUT2D eigenvalue weighted by Crippen LogP contribution is 2.34. The molecule has 150 valence electrons. The van der Waals surface area contributed by atoms with Crippen LogP contribution in [0.15, 0.2) is 53.4 Å². The van der Waals surface area contributed by atoms with Crippen LogP contribution in [-0.2, 0) is 11.2 Å². The SMILES string of the molecule is Cl.Cl.O=C1NC(=O)C(Cc2ccc(OCC3CNc4ccccc4S3)cc2)S1. The van der Waals surface area contributed by atoms with Crippen LogP contribution in [0.25, 0.3) is 0 Å². The van der Waals surface area contributed by atoms with Crippen molar-refractivity contribution >= 4 is 65.2 Å². The lowest BCUT2D eigenvalue weighted by Crippen LogP contribution is -2.27. The minimum atomic E-state index is -0.334. The van der Waals surface area contributed by atoms with E-state index >= 15 is 0 Å². The number of imide groups is 1. The normalized spacial score (nSPS) is 20.1. The number of ether oxygens (including phenoxy) is 1. The number of fused-ring (bicyclic) bond motifs is 1. The van der Waals surface area contributed by atoms with Crippen molar-refractivity contribution in [2.24, 2.45) is 0 Å². The molecule has 4 rings (SSSR count). The number of thioether (sulfide) groups is 2. The summed E-state index contributed by atoms with van der Waals surface area (Å²) in [5.41, 5.74) is 2.20. The highest BCUT2D eigenvalue weighted by molar-refractivity contribution is 8.15. The van der Waals surface area contributed by atoms with Gasteiger partial charge in [-0.15, -0.1) is 36.6 Å². The van der Waals surface area contributed by atoms with Gasteiger partial charge in [-0.3, -0.25) is 14.9 Å². The second-order valence-corrected chi connectivity index (χ2v) is 8.68. The van der Waals surface area contributed by atoms with Crippen LogP contribution in [0.3, 0.4) is 0 Å².